The lowest BCUT2D eigenvalue weighted by molar-refractivity contribution is 0.679. The lowest BCUT2D eigenvalue weighted by Crippen LogP contribution is -2.10. The number of aromatic nitrogens is 3. The van der Waals surface area contributed by atoms with Crippen LogP contribution in [0.3, 0.4) is 0 Å². The molecule has 126 valence electrons. The van der Waals surface area contributed by atoms with Gasteiger partial charge in [-0.1, -0.05) is 17.7 Å². The largest absolute Gasteiger partial charge is 0.393 e. The minimum absolute atomic E-state index is 0.514. The van der Waals surface area contributed by atoms with Crippen LogP contribution >= 0.6 is 0 Å². The van der Waals surface area contributed by atoms with Gasteiger partial charge in [-0.15, -0.1) is 0 Å². The van der Waals surface area contributed by atoms with E-state index in [1.54, 1.807) is 6.20 Å². The lowest BCUT2D eigenvalue weighted by atomic mass is 9.97. The molecule has 6 heteroatoms. The zero-order chi connectivity index (χ0) is 16.8. The average Bonchev–Trinajstić information content (AvgIpc) is 2.61. The highest BCUT2D eigenvalue weighted by Crippen LogP contribution is 2.26. The van der Waals surface area contributed by atoms with Crippen LogP contribution in [0.4, 0.5) is 23.1 Å². The minimum atomic E-state index is 0.514. The molecule has 2 aromatic heterocycles. The summed E-state index contributed by atoms with van der Waals surface area (Å²) in [5, 5.41) is 6.51. The Morgan fingerprint density at radius 1 is 1.12 bits per heavy atom. The van der Waals surface area contributed by atoms with Gasteiger partial charge in [0.15, 0.2) is 11.6 Å². The Labute approximate surface area is 142 Å². The second-order valence-corrected chi connectivity index (χ2v) is 6.06. The topological polar surface area (TPSA) is 88.8 Å². The summed E-state index contributed by atoms with van der Waals surface area (Å²) in [7, 11) is 0. The van der Waals surface area contributed by atoms with Gasteiger partial charge in [0.1, 0.15) is 17.8 Å². The molecule has 0 unspecified atom stereocenters. The zero-order valence-corrected chi connectivity index (χ0v) is 14.0. The number of nitrogens with one attached hydrogen (secondary N) is 2. The van der Waals surface area contributed by atoms with Crippen molar-refractivity contribution in [3.8, 4) is 0 Å². The quantitative estimate of drug-likeness (QED) is 0.700. The predicted octanol–water partition coefficient (Wildman–Crippen LogP) is 3.81. The van der Waals surface area contributed by atoms with Gasteiger partial charge in [0.2, 0.25) is 0 Å². The lowest BCUT2D eigenvalue weighted by Gasteiger charge is -2.15. The van der Waals surface area contributed by atoms with Crippen molar-refractivity contribution in [2.45, 2.75) is 39.0 Å². The molecular weight excluding hydrogens is 300 g/mol. The summed E-state index contributed by atoms with van der Waals surface area (Å²) >= 11 is 0. The second kappa shape index (κ2) is 7.77. The van der Waals surface area contributed by atoms with Crippen molar-refractivity contribution in [3.63, 3.8) is 0 Å². The minimum Gasteiger partial charge on any atom is -0.393 e. The molecule has 0 amide bonds. The van der Waals surface area contributed by atoms with Gasteiger partial charge in [0.25, 0.3) is 0 Å². The Hall–Kier alpha value is -2.63. The first-order chi connectivity index (χ1) is 11.7. The SMILES string of the molecule is Cc1cccnc1Nc1ncnc(NCCC2=CCCCC2)c1N. The van der Waals surface area contributed by atoms with E-state index in [4.69, 9.17) is 5.73 Å². The van der Waals surface area contributed by atoms with E-state index in [1.807, 2.05) is 19.1 Å². The van der Waals surface area contributed by atoms with Crippen LogP contribution in [0.5, 0.6) is 0 Å². The fourth-order valence-corrected chi connectivity index (χ4v) is 2.84. The molecule has 0 saturated carbocycles. The number of allylic oxidation sites excluding steroid dienone is 1. The molecule has 2 heterocycles. The number of nitrogen functional groups attached to an aromatic ring is 1. The Bertz CT molecular complexity index is 725. The van der Waals surface area contributed by atoms with Crippen LogP contribution in [0.25, 0.3) is 0 Å². The maximum absolute atomic E-state index is 6.21. The smallest absolute Gasteiger partial charge is 0.160 e. The van der Waals surface area contributed by atoms with Crippen LogP contribution in [-0.2, 0) is 0 Å². The molecule has 1 aliphatic carbocycles. The van der Waals surface area contributed by atoms with E-state index in [2.05, 4.69) is 31.7 Å². The Kier molecular flexibility index (Phi) is 5.25. The number of anilines is 4. The van der Waals surface area contributed by atoms with Crippen molar-refractivity contribution < 1.29 is 0 Å². The van der Waals surface area contributed by atoms with Gasteiger partial charge >= 0.3 is 0 Å². The van der Waals surface area contributed by atoms with Crippen LogP contribution in [0.1, 0.15) is 37.7 Å². The van der Waals surface area contributed by atoms with E-state index in [9.17, 15) is 0 Å². The number of pyridine rings is 1. The molecule has 0 aromatic carbocycles. The van der Waals surface area contributed by atoms with Gasteiger partial charge in [0, 0.05) is 12.7 Å². The third kappa shape index (κ3) is 4.01. The van der Waals surface area contributed by atoms with Crippen LogP contribution in [0.2, 0.25) is 0 Å². The van der Waals surface area contributed by atoms with Crippen molar-refractivity contribution in [2.75, 3.05) is 22.9 Å². The average molecular weight is 324 g/mol. The van der Waals surface area contributed by atoms with Gasteiger partial charge in [0.05, 0.1) is 0 Å². The standard InChI is InChI=1S/C18H24N6/c1-13-6-5-10-20-16(13)24-18-15(19)17(22-12-23-18)21-11-9-14-7-3-2-4-8-14/h5-7,10,12H,2-4,8-9,11,19H2,1H3,(H2,20,21,22,23,24). The number of nitrogens with two attached hydrogens (primary N) is 1. The van der Waals surface area contributed by atoms with Gasteiger partial charge in [-0.2, -0.15) is 0 Å². The molecule has 0 bridgehead atoms. The van der Waals surface area contributed by atoms with E-state index >= 15 is 0 Å². The van der Waals surface area contributed by atoms with Crippen molar-refractivity contribution >= 4 is 23.1 Å². The maximum Gasteiger partial charge on any atom is 0.160 e. The van der Waals surface area contributed by atoms with Crippen molar-refractivity contribution in [1.82, 2.24) is 15.0 Å². The summed E-state index contributed by atoms with van der Waals surface area (Å²) in [4.78, 5) is 12.8. The highest BCUT2D eigenvalue weighted by molar-refractivity contribution is 5.77. The number of hydrogen-bond acceptors (Lipinski definition) is 6. The van der Waals surface area contributed by atoms with E-state index < -0.39 is 0 Å². The molecule has 0 aliphatic heterocycles. The van der Waals surface area contributed by atoms with E-state index in [-0.39, 0.29) is 0 Å². The van der Waals surface area contributed by atoms with E-state index in [1.165, 1.54) is 37.6 Å². The molecular formula is C18H24N6. The van der Waals surface area contributed by atoms with Gasteiger partial charge in [-0.05, 0) is 50.7 Å². The monoisotopic (exact) mass is 324 g/mol. The molecule has 0 spiro atoms. The summed E-state index contributed by atoms with van der Waals surface area (Å²) in [6.45, 7) is 2.82. The molecule has 0 radical (unpaired) electrons. The summed E-state index contributed by atoms with van der Waals surface area (Å²) in [5.41, 5.74) is 9.29. The number of aryl methyl sites for hydroxylation is 1. The molecule has 2 aromatic rings. The summed E-state index contributed by atoms with van der Waals surface area (Å²) in [5.74, 6) is 1.99. The zero-order valence-electron chi connectivity index (χ0n) is 14.0. The Morgan fingerprint density at radius 3 is 2.79 bits per heavy atom. The highest BCUT2D eigenvalue weighted by atomic mass is 15.1. The fraction of sp³-hybridized carbons (Fsp3) is 0.389. The van der Waals surface area contributed by atoms with Gasteiger partial charge < -0.3 is 16.4 Å². The summed E-state index contributed by atoms with van der Waals surface area (Å²) in [6, 6.07) is 3.89. The van der Waals surface area contributed by atoms with Crippen LogP contribution in [0.15, 0.2) is 36.3 Å². The first-order valence-corrected chi connectivity index (χ1v) is 8.45. The maximum atomic E-state index is 6.21. The first-order valence-electron chi connectivity index (χ1n) is 8.45. The molecule has 6 nitrogen and oxygen atoms in total. The summed E-state index contributed by atoms with van der Waals surface area (Å²) in [6.07, 6.45) is 11.7. The Balaban J connectivity index is 1.64. The molecule has 0 fully saturated rings. The van der Waals surface area contributed by atoms with Crippen LogP contribution < -0.4 is 16.4 Å². The van der Waals surface area contributed by atoms with Crippen molar-refractivity contribution in [2.24, 2.45) is 0 Å². The molecule has 1 aliphatic rings. The van der Waals surface area contributed by atoms with Gasteiger partial charge in [-0.25, -0.2) is 15.0 Å². The molecule has 4 N–H and O–H groups in total. The number of rotatable bonds is 6. The normalized spacial score (nSPS) is 14.1. The van der Waals surface area contributed by atoms with Crippen LogP contribution in [0, 0.1) is 6.92 Å². The van der Waals surface area contributed by atoms with E-state index in [0.29, 0.717) is 17.3 Å². The molecule has 0 saturated heterocycles. The predicted molar refractivity (Wildman–Crippen MR) is 98.4 cm³/mol. The Morgan fingerprint density at radius 2 is 2.00 bits per heavy atom. The number of nitrogens with zero attached hydrogens (tertiary/aromatic N) is 3. The van der Waals surface area contributed by atoms with Crippen molar-refractivity contribution in [3.05, 3.63) is 41.9 Å². The van der Waals surface area contributed by atoms with E-state index in [0.717, 1.165) is 24.3 Å². The third-order valence-corrected chi connectivity index (χ3v) is 4.25. The van der Waals surface area contributed by atoms with Crippen LogP contribution in [-0.4, -0.2) is 21.5 Å². The second-order valence-electron chi connectivity index (χ2n) is 6.06. The van der Waals surface area contributed by atoms with Crippen molar-refractivity contribution in [1.29, 1.82) is 0 Å². The molecule has 3 rings (SSSR count). The summed E-state index contributed by atoms with van der Waals surface area (Å²) < 4.78 is 0. The molecule has 24 heavy (non-hydrogen) atoms. The fourth-order valence-electron chi connectivity index (χ4n) is 2.84. The molecule has 0 atom stereocenters. The highest BCUT2D eigenvalue weighted by Gasteiger charge is 2.10. The van der Waals surface area contributed by atoms with Gasteiger partial charge in [-0.3, -0.25) is 0 Å². The number of hydrogen-bond donors (Lipinski definition) is 3. The first kappa shape index (κ1) is 16.2. The third-order valence-electron chi connectivity index (χ3n) is 4.25.